The van der Waals surface area contributed by atoms with Crippen molar-refractivity contribution in [3.05, 3.63) is 6.42 Å². The van der Waals surface area contributed by atoms with E-state index in [9.17, 15) is 0 Å². The van der Waals surface area contributed by atoms with Gasteiger partial charge in [-0.25, -0.2) is 0 Å². The van der Waals surface area contributed by atoms with E-state index in [1.165, 1.54) is 0 Å². The van der Waals surface area contributed by atoms with Gasteiger partial charge >= 0.3 is 23.2 Å². The topological polar surface area (TPSA) is 17.1 Å². The molecule has 0 atom stereocenters. The molecule has 0 radical (unpaired) electrons. The second kappa shape index (κ2) is 24.7. The Morgan fingerprint density at radius 1 is 1.40 bits per heavy atom. The van der Waals surface area contributed by atoms with Crippen LogP contribution in [-0.4, -0.2) is 0 Å². The van der Waals surface area contributed by atoms with Crippen molar-refractivity contribution in [2.45, 2.75) is 13.8 Å². The normalized spacial score (nSPS) is 4.40. The van der Waals surface area contributed by atoms with Crippen molar-refractivity contribution in [1.29, 1.82) is 0 Å². The Balaban J connectivity index is 0. The molecule has 2 heteroatoms. The van der Waals surface area contributed by atoms with Crippen molar-refractivity contribution in [3.8, 4) is 0 Å². The number of hydrogen-bond acceptors (Lipinski definition) is 1. The van der Waals surface area contributed by atoms with Crippen LogP contribution in [0.3, 0.4) is 0 Å². The van der Waals surface area contributed by atoms with Crippen LogP contribution in [0.1, 0.15) is 13.8 Å². The van der Waals surface area contributed by atoms with Gasteiger partial charge in [0.15, 0.2) is 0 Å². The average Bonchev–Trinajstić information content (AvgIpc) is 1.46. The van der Waals surface area contributed by atoms with Crippen molar-refractivity contribution < 1.29 is 23.2 Å². The Labute approximate surface area is 44.0 Å². The maximum absolute atomic E-state index is 8.33. The first-order chi connectivity index (χ1) is 2.41. The first-order valence-corrected chi connectivity index (χ1v) is 2.52. The minimum atomic E-state index is 0.333. The van der Waals surface area contributed by atoms with Crippen molar-refractivity contribution in [1.82, 2.24) is 0 Å². The van der Waals surface area contributed by atoms with E-state index < -0.39 is 0 Å². The fourth-order valence-corrected chi connectivity index (χ4v) is 0. The van der Waals surface area contributed by atoms with E-state index >= 15 is 0 Å². The summed E-state index contributed by atoms with van der Waals surface area (Å²) in [5, 5.41) is 0. The molecule has 0 rings (SSSR count). The fourth-order valence-electron chi connectivity index (χ4n) is 0. The van der Waals surface area contributed by atoms with Crippen LogP contribution in [-0.2, 0) is 23.2 Å². The molecule has 0 unspecified atom stereocenters. The summed E-state index contributed by atoms with van der Waals surface area (Å²) in [5.74, 6) is 0. The minimum absolute atomic E-state index is 0.333. The summed E-state index contributed by atoms with van der Waals surface area (Å²) in [4.78, 5) is 0. The molecule has 0 aliphatic rings. The van der Waals surface area contributed by atoms with Gasteiger partial charge in [0.2, 0.25) is 0 Å². The predicted molar refractivity (Wildman–Crippen MR) is 16.3 cm³/mol. The standard InChI is InChI=1S/C3H7.O.W/c1-3-2;;/h3H,1-2H3;;/q-1;;. The van der Waals surface area contributed by atoms with E-state index in [2.05, 4.69) is 0 Å². The zero-order valence-electron chi connectivity index (χ0n) is 3.39. The number of hydrogen-bond donors (Lipinski definition) is 0. The van der Waals surface area contributed by atoms with Crippen LogP contribution in [0.15, 0.2) is 0 Å². The molecule has 0 amide bonds. The second-order valence-electron chi connectivity index (χ2n) is 0.577. The van der Waals surface area contributed by atoms with Gasteiger partial charge in [0.1, 0.15) is 0 Å². The molecule has 0 aromatic rings. The summed E-state index contributed by atoms with van der Waals surface area (Å²) in [6.45, 7) is 4.00. The van der Waals surface area contributed by atoms with Gasteiger partial charge in [0.05, 0.1) is 0 Å². The molecular weight excluding hydrogens is 236 g/mol. The van der Waals surface area contributed by atoms with Crippen LogP contribution in [0.2, 0.25) is 0 Å². The molecule has 0 aliphatic heterocycles. The van der Waals surface area contributed by atoms with Crippen LogP contribution < -0.4 is 0 Å². The van der Waals surface area contributed by atoms with E-state index in [-0.39, 0.29) is 0 Å². The Morgan fingerprint density at radius 3 is 1.40 bits per heavy atom. The van der Waals surface area contributed by atoms with Crippen LogP contribution in [0.5, 0.6) is 0 Å². The molecule has 0 aromatic heterocycles. The van der Waals surface area contributed by atoms with Gasteiger partial charge in [-0.2, -0.15) is 13.8 Å². The summed E-state index contributed by atoms with van der Waals surface area (Å²) in [6, 6.07) is 0. The molecular formula is C3H7OW-. The molecule has 0 saturated carbocycles. The third kappa shape index (κ3) is 117. The summed E-state index contributed by atoms with van der Waals surface area (Å²) in [7, 11) is 0. The van der Waals surface area contributed by atoms with E-state index in [1.54, 1.807) is 0 Å². The second-order valence-corrected chi connectivity index (χ2v) is 0.577. The van der Waals surface area contributed by atoms with Crippen LogP contribution >= 0.6 is 0 Å². The van der Waals surface area contributed by atoms with Crippen LogP contribution in [0.4, 0.5) is 0 Å². The summed E-state index contributed by atoms with van der Waals surface area (Å²) in [5.41, 5.74) is 0. The Kier molecular flexibility index (Phi) is 44.8. The summed E-state index contributed by atoms with van der Waals surface area (Å²) in [6.07, 6.45) is 2.00. The molecule has 0 aliphatic carbocycles. The quantitative estimate of drug-likeness (QED) is 0.582. The first kappa shape index (κ1) is 9.09. The number of rotatable bonds is 0. The molecule has 0 spiro atoms. The summed E-state index contributed by atoms with van der Waals surface area (Å²) < 4.78 is 8.33. The van der Waals surface area contributed by atoms with E-state index in [1.807, 2.05) is 20.3 Å². The first-order valence-electron chi connectivity index (χ1n) is 1.32. The van der Waals surface area contributed by atoms with E-state index in [0.29, 0.717) is 19.8 Å². The van der Waals surface area contributed by atoms with Gasteiger partial charge in [-0.3, -0.25) is 0 Å². The van der Waals surface area contributed by atoms with Gasteiger partial charge in [-0.1, -0.05) is 0 Å². The summed E-state index contributed by atoms with van der Waals surface area (Å²) >= 11 is 0.333. The van der Waals surface area contributed by atoms with E-state index in [4.69, 9.17) is 3.40 Å². The monoisotopic (exact) mass is 243 g/mol. The maximum atomic E-state index is 8.33. The molecule has 0 N–H and O–H groups in total. The Hall–Kier alpha value is 0.488. The van der Waals surface area contributed by atoms with Crippen LogP contribution in [0.25, 0.3) is 0 Å². The Bertz CT molecular complexity index is 10.9. The van der Waals surface area contributed by atoms with Gasteiger partial charge in [0, 0.05) is 0 Å². The zero-order chi connectivity index (χ0) is 4.71. The fraction of sp³-hybridized carbons (Fsp3) is 0.667. The van der Waals surface area contributed by atoms with Crippen LogP contribution in [0, 0.1) is 6.42 Å². The third-order valence-corrected chi connectivity index (χ3v) is 0. The van der Waals surface area contributed by atoms with Crippen molar-refractivity contribution in [2.75, 3.05) is 0 Å². The average molecular weight is 243 g/mol. The van der Waals surface area contributed by atoms with Gasteiger partial charge in [0.25, 0.3) is 0 Å². The SMILES string of the molecule is C[CH-]C.[O]=[W]. The molecule has 0 bridgehead atoms. The van der Waals surface area contributed by atoms with E-state index in [0.717, 1.165) is 0 Å². The zero-order valence-corrected chi connectivity index (χ0v) is 6.33. The van der Waals surface area contributed by atoms with Gasteiger partial charge in [-0.05, 0) is 0 Å². The molecule has 0 fully saturated rings. The third-order valence-electron chi connectivity index (χ3n) is 0. The molecule has 0 aromatic carbocycles. The van der Waals surface area contributed by atoms with Crippen molar-refractivity contribution >= 4 is 0 Å². The molecule has 0 saturated heterocycles. The molecule has 32 valence electrons. The Morgan fingerprint density at radius 2 is 1.40 bits per heavy atom. The van der Waals surface area contributed by atoms with Crippen molar-refractivity contribution in [2.24, 2.45) is 0 Å². The predicted octanol–water partition coefficient (Wildman–Crippen LogP) is 1.11. The van der Waals surface area contributed by atoms with Crippen molar-refractivity contribution in [3.63, 3.8) is 0 Å². The van der Waals surface area contributed by atoms with Gasteiger partial charge in [-0.15, -0.1) is 0 Å². The van der Waals surface area contributed by atoms with Gasteiger partial charge < -0.3 is 6.42 Å². The molecule has 5 heavy (non-hydrogen) atoms. The molecule has 0 heterocycles. The molecule has 1 nitrogen and oxygen atoms in total.